The molecular weight excluding hydrogens is 218 g/mol. The molecule has 0 aliphatic heterocycles. The first-order valence-corrected chi connectivity index (χ1v) is 3.60. The summed E-state index contributed by atoms with van der Waals surface area (Å²) in [5, 5.41) is 19.0. The van der Waals surface area contributed by atoms with Crippen LogP contribution in [0.5, 0.6) is 0 Å². The number of guanidine groups is 2. The summed E-state index contributed by atoms with van der Waals surface area (Å²) in [6.07, 6.45) is 2.10. The van der Waals surface area contributed by atoms with E-state index in [1.807, 2.05) is 0 Å². The van der Waals surface area contributed by atoms with Crippen LogP contribution in [-0.4, -0.2) is 56.2 Å². The van der Waals surface area contributed by atoms with E-state index in [2.05, 4.69) is 17.6 Å². The van der Waals surface area contributed by atoms with Crippen LogP contribution in [0.25, 0.3) is 0 Å². The molecule has 6 N–H and O–H groups in total. The average Bonchev–Trinajstić information content (AvgIpc) is 1.86. The van der Waals surface area contributed by atoms with Gasteiger partial charge in [-0.05, 0) is 6.42 Å². The summed E-state index contributed by atoms with van der Waals surface area (Å²) in [6.45, 7) is 2.82. The van der Waals surface area contributed by atoms with E-state index < -0.39 is 0 Å². The molecular formula is C6H18CaClN5. The minimum absolute atomic E-state index is 0. The van der Waals surface area contributed by atoms with Crippen molar-refractivity contribution in [3.63, 3.8) is 0 Å². The maximum absolute atomic E-state index is 7.15. The number of halogens is 1. The standard InChI is InChI=1S/C6H15N5.Ca.ClH.2H/c1-2-3-4-10-6(9)11-5(7)8;;;;/h2-4H2,1H3,(H6,7,8,9,10,11);;1H;;. The molecule has 0 saturated carbocycles. The van der Waals surface area contributed by atoms with Crippen molar-refractivity contribution >= 4 is 62.1 Å². The Balaban J connectivity index is -0.000000500. The van der Waals surface area contributed by atoms with Crippen LogP contribution in [0.15, 0.2) is 0 Å². The first-order valence-electron chi connectivity index (χ1n) is 3.60. The van der Waals surface area contributed by atoms with Crippen LogP contribution >= 0.6 is 12.4 Å². The van der Waals surface area contributed by atoms with Crippen LogP contribution in [0, 0.1) is 10.8 Å². The SMILES string of the molecule is CCCCNC(=N)NC(=N)N.Cl.[CaH2]. The van der Waals surface area contributed by atoms with Crippen LogP contribution in [0.1, 0.15) is 19.8 Å². The second kappa shape index (κ2) is 12.3. The Morgan fingerprint density at radius 3 is 2.31 bits per heavy atom. The normalized spacial score (nSPS) is 7.46. The van der Waals surface area contributed by atoms with Crippen LogP contribution in [-0.2, 0) is 0 Å². The first kappa shape index (κ1) is 19.0. The molecule has 0 atom stereocenters. The molecule has 0 aliphatic rings. The Labute approximate surface area is 115 Å². The van der Waals surface area contributed by atoms with E-state index in [9.17, 15) is 0 Å². The number of rotatable bonds is 3. The number of hydrogen-bond donors (Lipinski definition) is 5. The van der Waals surface area contributed by atoms with Gasteiger partial charge in [0, 0.05) is 6.54 Å². The van der Waals surface area contributed by atoms with E-state index in [4.69, 9.17) is 16.6 Å². The second-order valence-electron chi connectivity index (χ2n) is 2.19. The molecule has 0 aromatic carbocycles. The predicted molar refractivity (Wildman–Crippen MR) is 61.5 cm³/mol. The summed E-state index contributed by atoms with van der Waals surface area (Å²) in [5.41, 5.74) is 4.99. The molecule has 0 aromatic rings. The van der Waals surface area contributed by atoms with Crippen molar-refractivity contribution in [3.05, 3.63) is 0 Å². The molecule has 0 amide bonds. The number of nitrogens with two attached hydrogens (primary N) is 1. The molecule has 0 aliphatic carbocycles. The van der Waals surface area contributed by atoms with Crippen molar-refractivity contribution in [2.75, 3.05) is 6.54 Å². The molecule has 0 radical (unpaired) electrons. The molecule has 0 fully saturated rings. The van der Waals surface area contributed by atoms with Crippen LogP contribution in [0.2, 0.25) is 0 Å². The molecule has 7 heteroatoms. The zero-order valence-corrected chi connectivity index (χ0v) is 7.92. The number of unbranched alkanes of at least 4 members (excludes halogenated alkanes) is 1. The third-order valence-electron chi connectivity index (χ3n) is 1.09. The van der Waals surface area contributed by atoms with E-state index in [0.717, 1.165) is 19.4 Å². The number of hydrogen-bond acceptors (Lipinski definition) is 2. The fourth-order valence-electron chi connectivity index (χ4n) is 0.569. The van der Waals surface area contributed by atoms with E-state index in [1.165, 1.54) is 0 Å². The first-order chi connectivity index (χ1) is 5.16. The van der Waals surface area contributed by atoms with Gasteiger partial charge in [0.15, 0.2) is 11.9 Å². The van der Waals surface area contributed by atoms with Gasteiger partial charge in [0.05, 0.1) is 0 Å². The fraction of sp³-hybridized carbons (Fsp3) is 0.667. The molecule has 0 aromatic heterocycles. The molecule has 0 rings (SSSR count). The molecule has 0 unspecified atom stereocenters. The van der Waals surface area contributed by atoms with Crippen LogP contribution in [0.4, 0.5) is 0 Å². The van der Waals surface area contributed by atoms with Gasteiger partial charge in [0.25, 0.3) is 0 Å². The van der Waals surface area contributed by atoms with Gasteiger partial charge in [-0.15, -0.1) is 12.4 Å². The van der Waals surface area contributed by atoms with Gasteiger partial charge in [-0.1, -0.05) is 13.3 Å². The summed E-state index contributed by atoms with van der Waals surface area (Å²) >= 11 is 0. The number of nitrogens with one attached hydrogen (secondary N) is 4. The van der Waals surface area contributed by atoms with Gasteiger partial charge < -0.3 is 11.1 Å². The summed E-state index contributed by atoms with van der Waals surface area (Å²) in [6, 6.07) is 0. The van der Waals surface area contributed by atoms with Crippen molar-refractivity contribution in [1.82, 2.24) is 10.6 Å². The third kappa shape index (κ3) is 15.1. The van der Waals surface area contributed by atoms with Gasteiger partial charge in [-0.3, -0.25) is 16.1 Å². The average molecular weight is 236 g/mol. The van der Waals surface area contributed by atoms with Crippen molar-refractivity contribution in [2.45, 2.75) is 19.8 Å². The third-order valence-corrected chi connectivity index (χ3v) is 1.09. The Bertz CT molecular complexity index is 152. The van der Waals surface area contributed by atoms with Crippen molar-refractivity contribution in [2.24, 2.45) is 5.73 Å². The van der Waals surface area contributed by atoms with Gasteiger partial charge in [0.2, 0.25) is 0 Å². The monoisotopic (exact) mass is 235 g/mol. The van der Waals surface area contributed by atoms with E-state index in [-0.39, 0.29) is 62.1 Å². The summed E-state index contributed by atoms with van der Waals surface area (Å²) < 4.78 is 0. The molecule has 13 heavy (non-hydrogen) atoms. The predicted octanol–water partition coefficient (Wildman–Crippen LogP) is -0.700. The summed E-state index contributed by atoms with van der Waals surface area (Å²) in [5.74, 6) is -0.120. The van der Waals surface area contributed by atoms with Crippen molar-refractivity contribution in [1.29, 1.82) is 10.8 Å². The second-order valence-corrected chi connectivity index (χ2v) is 2.19. The zero-order valence-electron chi connectivity index (χ0n) is 7.11. The molecule has 76 valence electrons. The molecule has 0 spiro atoms. The summed E-state index contributed by atoms with van der Waals surface area (Å²) in [4.78, 5) is 0. The Morgan fingerprint density at radius 2 is 1.92 bits per heavy atom. The zero-order chi connectivity index (χ0) is 8.69. The molecule has 0 bridgehead atoms. The van der Waals surface area contributed by atoms with E-state index in [0.29, 0.717) is 0 Å². The Kier molecular flexibility index (Phi) is 17.9. The Hall–Kier alpha value is 0.290. The fourth-order valence-corrected chi connectivity index (χ4v) is 0.569. The van der Waals surface area contributed by atoms with Gasteiger partial charge >= 0.3 is 37.7 Å². The van der Waals surface area contributed by atoms with Gasteiger partial charge in [-0.2, -0.15) is 0 Å². The topological polar surface area (TPSA) is 97.8 Å². The van der Waals surface area contributed by atoms with E-state index in [1.54, 1.807) is 0 Å². The van der Waals surface area contributed by atoms with Gasteiger partial charge in [-0.25, -0.2) is 0 Å². The summed E-state index contributed by atoms with van der Waals surface area (Å²) in [7, 11) is 0. The molecule has 0 heterocycles. The molecule has 5 nitrogen and oxygen atoms in total. The maximum atomic E-state index is 7.15. The quantitative estimate of drug-likeness (QED) is 0.194. The van der Waals surface area contributed by atoms with E-state index >= 15 is 0 Å². The van der Waals surface area contributed by atoms with Crippen molar-refractivity contribution in [3.8, 4) is 0 Å². The molecule has 0 saturated heterocycles. The van der Waals surface area contributed by atoms with Crippen LogP contribution < -0.4 is 16.4 Å². The Morgan fingerprint density at radius 1 is 1.38 bits per heavy atom. The van der Waals surface area contributed by atoms with Crippen molar-refractivity contribution < 1.29 is 0 Å². The minimum atomic E-state index is -0.209. The van der Waals surface area contributed by atoms with Gasteiger partial charge in [0.1, 0.15) is 0 Å². The van der Waals surface area contributed by atoms with Crippen LogP contribution in [0.3, 0.4) is 0 Å².